The first kappa shape index (κ1) is 27.7. The van der Waals surface area contributed by atoms with E-state index >= 15 is 0 Å². The summed E-state index contributed by atoms with van der Waals surface area (Å²) >= 11 is 0. The molecule has 5 N–H and O–H groups in total. The summed E-state index contributed by atoms with van der Waals surface area (Å²) in [6.07, 6.45) is -4.85. The Hall–Kier alpha value is -3.82. The van der Waals surface area contributed by atoms with Crippen LogP contribution in [0.25, 0.3) is 21.6 Å². The maximum atomic E-state index is 13.9. The van der Waals surface area contributed by atoms with Gasteiger partial charge in [-0.2, -0.15) is 5.09 Å². The van der Waals surface area contributed by atoms with Crippen LogP contribution in [0.1, 0.15) is 27.0 Å². The number of fused-ring (bicyclic) bond motifs is 2. The highest BCUT2D eigenvalue weighted by Gasteiger charge is 2.79. The summed E-state index contributed by atoms with van der Waals surface area (Å²) < 4.78 is 37.4. The van der Waals surface area contributed by atoms with Crippen LogP contribution in [0.4, 0.5) is 11.8 Å². The third kappa shape index (κ3) is 4.84. The SMILES string of the molecule is CC(C)OC(=O)C(C)NP(=O)(Oc1ccccc1)OC1C2OC(n3c(N=[N+]=[N-])nc4c(N)ncnc43)C(O)C21O. The van der Waals surface area contributed by atoms with Crippen LogP contribution in [0.15, 0.2) is 41.8 Å². The van der Waals surface area contributed by atoms with E-state index in [-0.39, 0.29) is 28.7 Å². The van der Waals surface area contributed by atoms with Crippen molar-refractivity contribution in [3.8, 4) is 5.75 Å². The quantitative estimate of drug-likeness (QED) is 0.0888. The lowest BCUT2D eigenvalue weighted by molar-refractivity contribution is -0.149. The van der Waals surface area contributed by atoms with Crippen LogP contribution in [0.3, 0.4) is 0 Å². The zero-order chi connectivity index (χ0) is 28.8. The Morgan fingerprint density at radius 3 is 2.67 bits per heavy atom. The number of benzene rings is 1. The normalized spacial score (nSPS) is 27.4. The summed E-state index contributed by atoms with van der Waals surface area (Å²) in [4.78, 5) is 27.2. The molecule has 2 aliphatic rings. The Balaban J connectivity index is 1.40. The van der Waals surface area contributed by atoms with Gasteiger partial charge in [0.1, 0.15) is 36.4 Å². The fraction of sp³-hybridized carbons (Fsp3) is 0.455. The van der Waals surface area contributed by atoms with E-state index in [0.29, 0.717) is 0 Å². The molecule has 17 nitrogen and oxygen atoms in total. The highest BCUT2D eigenvalue weighted by molar-refractivity contribution is 7.52. The van der Waals surface area contributed by atoms with Gasteiger partial charge in [-0.1, -0.05) is 18.2 Å². The van der Waals surface area contributed by atoms with Crippen LogP contribution in [-0.2, 0) is 23.4 Å². The second kappa shape index (κ2) is 10.3. The number of anilines is 1. The zero-order valence-electron chi connectivity index (χ0n) is 21.4. The van der Waals surface area contributed by atoms with E-state index in [1.54, 1.807) is 32.0 Å². The number of azide groups is 1. The first-order chi connectivity index (χ1) is 19.0. The molecule has 1 aliphatic carbocycles. The minimum atomic E-state index is -4.38. The average molecular weight is 575 g/mol. The third-order valence-corrected chi connectivity index (χ3v) is 7.92. The molecular weight excluding hydrogens is 549 g/mol. The first-order valence-electron chi connectivity index (χ1n) is 12.1. The lowest BCUT2D eigenvalue weighted by atomic mass is 10.1. The summed E-state index contributed by atoms with van der Waals surface area (Å²) in [6, 6.07) is 6.91. The van der Waals surface area contributed by atoms with Crippen LogP contribution in [0.5, 0.6) is 5.75 Å². The van der Waals surface area contributed by atoms with E-state index in [1.807, 2.05) is 0 Å². The number of imidazole rings is 1. The molecule has 18 heteroatoms. The van der Waals surface area contributed by atoms with Gasteiger partial charge in [0.15, 0.2) is 28.8 Å². The van der Waals surface area contributed by atoms with Gasteiger partial charge in [-0.15, -0.1) is 0 Å². The molecule has 5 rings (SSSR count). The van der Waals surface area contributed by atoms with Crippen molar-refractivity contribution < 1.29 is 38.1 Å². The minimum absolute atomic E-state index is 0.00843. The smallest absolute Gasteiger partial charge is 0.459 e. The Morgan fingerprint density at radius 1 is 1.32 bits per heavy atom. The van der Waals surface area contributed by atoms with Crippen molar-refractivity contribution in [1.82, 2.24) is 24.6 Å². The third-order valence-electron chi connectivity index (χ3n) is 6.26. The number of nitrogens with zero attached hydrogens (tertiary/aromatic N) is 7. The van der Waals surface area contributed by atoms with Crippen molar-refractivity contribution in [2.75, 3.05) is 5.73 Å². The standard InChI is InChI=1S/C22H26N9O8P/c1-10(2)36-20(33)11(3)29-40(35,38-12-7-5-4-6-8-12)39-16-15-22(16,34)14(32)19(37-15)31-18-13(17(23)25-9-26-18)27-21(31)28-30-24/h4-11,14-16,19,32,34H,1-3H3,(H,29,35)(H2,23,25,26). The van der Waals surface area contributed by atoms with Gasteiger partial charge in [0, 0.05) is 4.91 Å². The Labute approximate surface area is 226 Å². The van der Waals surface area contributed by atoms with Gasteiger partial charge in [0.25, 0.3) is 0 Å². The fourth-order valence-corrected chi connectivity index (χ4v) is 6.09. The summed E-state index contributed by atoms with van der Waals surface area (Å²) in [5.41, 5.74) is 13.0. The number of hydrogen-bond donors (Lipinski definition) is 4. The molecule has 7 atom stereocenters. The number of aliphatic hydroxyl groups is 2. The van der Waals surface area contributed by atoms with E-state index in [4.69, 9.17) is 29.8 Å². The number of ether oxygens (including phenoxy) is 2. The van der Waals surface area contributed by atoms with Crippen LogP contribution >= 0.6 is 7.75 Å². The second-order valence-electron chi connectivity index (χ2n) is 9.45. The van der Waals surface area contributed by atoms with E-state index in [1.165, 1.54) is 23.6 Å². The molecule has 3 heterocycles. The van der Waals surface area contributed by atoms with E-state index in [0.717, 1.165) is 6.33 Å². The predicted octanol–water partition coefficient (Wildman–Crippen LogP) is 1.86. The number of hydrogen-bond acceptors (Lipinski definition) is 13. The number of nitrogens with two attached hydrogens (primary N) is 1. The molecule has 3 aromatic rings. The van der Waals surface area contributed by atoms with Crippen molar-refractivity contribution in [1.29, 1.82) is 0 Å². The van der Waals surface area contributed by atoms with E-state index < -0.39 is 56.0 Å². The zero-order valence-corrected chi connectivity index (χ0v) is 22.3. The topological polar surface area (TPSA) is 242 Å². The predicted molar refractivity (Wildman–Crippen MR) is 137 cm³/mol. The summed E-state index contributed by atoms with van der Waals surface area (Å²) in [5.74, 6) is -0.805. The number of nitrogens with one attached hydrogen (secondary N) is 1. The van der Waals surface area contributed by atoms with Crippen molar-refractivity contribution in [2.45, 2.75) is 63.1 Å². The Kier molecular flexibility index (Phi) is 7.14. The highest BCUT2D eigenvalue weighted by atomic mass is 31.2. The van der Waals surface area contributed by atoms with Gasteiger partial charge in [0.05, 0.1) is 6.10 Å². The number of nitrogen functional groups attached to an aromatic ring is 1. The van der Waals surface area contributed by atoms with Crippen molar-refractivity contribution >= 4 is 36.6 Å². The van der Waals surface area contributed by atoms with Gasteiger partial charge < -0.3 is 29.9 Å². The molecule has 2 aromatic heterocycles. The minimum Gasteiger partial charge on any atom is -0.462 e. The summed E-state index contributed by atoms with van der Waals surface area (Å²) in [7, 11) is -4.38. The molecule has 212 valence electrons. The molecule has 40 heavy (non-hydrogen) atoms. The molecule has 2 fully saturated rings. The number of aliphatic hydroxyl groups excluding tert-OH is 1. The maximum Gasteiger partial charge on any atom is 0.459 e. The van der Waals surface area contributed by atoms with Crippen LogP contribution < -0.4 is 15.3 Å². The van der Waals surface area contributed by atoms with Gasteiger partial charge in [0.2, 0.25) is 5.95 Å². The van der Waals surface area contributed by atoms with Crippen LogP contribution in [-0.4, -0.2) is 71.8 Å². The van der Waals surface area contributed by atoms with Gasteiger partial charge in [-0.25, -0.2) is 19.5 Å². The van der Waals surface area contributed by atoms with Gasteiger partial charge in [-0.05, 0) is 43.5 Å². The van der Waals surface area contributed by atoms with Crippen LogP contribution in [0, 0.1) is 0 Å². The maximum absolute atomic E-state index is 13.9. The van der Waals surface area contributed by atoms with Crippen LogP contribution in [0.2, 0.25) is 0 Å². The lowest BCUT2D eigenvalue weighted by Crippen LogP contribution is -2.39. The Bertz CT molecular complexity index is 1530. The number of aromatic nitrogens is 4. The fourth-order valence-electron chi connectivity index (χ4n) is 4.37. The summed E-state index contributed by atoms with van der Waals surface area (Å²) in [5, 5.41) is 28.5. The van der Waals surface area contributed by atoms with Crippen molar-refractivity contribution in [3.63, 3.8) is 0 Å². The molecule has 1 saturated carbocycles. The number of carbonyl (C=O) groups excluding carboxylic acids is 1. The van der Waals surface area contributed by atoms with E-state index in [9.17, 15) is 19.6 Å². The molecule has 1 aliphatic heterocycles. The number of para-hydroxylation sites is 1. The monoisotopic (exact) mass is 575 g/mol. The van der Waals surface area contributed by atoms with Gasteiger partial charge in [-0.3, -0.25) is 13.9 Å². The van der Waals surface area contributed by atoms with Gasteiger partial charge >= 0.3 is 13.7 Å². The second-order valence-corrected chi connectivity index (χ2v) is 11.1. The molecule has 1 aromatic carbocycles. The molecule has 1 saturated heterocycles. The first-order valence-corrected chi connectivity index (χ1v) is 13.6. The highest BCUT2D eigenvalue weighted by Crippen LogP contribution is 2.61. The van der Waals surface area contributed by atoms with Crippen molar-refractivity contribution in [3.05, 3.63) is 47.1 Å². The van der Waals surface area contributed by atoms with E-state index in [2.05, 4.69) is 30.1 Å². The number of esters is 1. The molecule has 0 amide bonds. The largest absolute Gasteiger partial charge is 0.462 e. The van der Waals surface area contributed by atoms with Crippen molar-refractivity contribution in [2.24, 2.45) is 5.11 Å². The molecule has 0 bridgehead atoms. The molecule has 0 spiro atoms. The molecular formula is C22H26N9O8P. The molecule has 0 radical (unpaired) electrons. The molecule has 7 unspecified atom stereocenters. The lowest BCUT2D eigenvalue weighted by Gasteiger charge is -2.27. The summed E-state index contributed by atoms with van der Waals surface area (Å²) in [6.45, 7) is 4.73. The average Bonchev–Trinajstić information content (AvgIpc) is 3.14. The number of rotatable bonds is 10. The Morgan fingerprint density at radius 2 is 2.05 bits per heavy atom. The number of carbonyl (C=O) groups is 1.